The number of hydrogen-bond acceptors (Lipinski definition) is 6. The maximum Gasteiger partial charge on any atom is 0.248 e. The predicted molar refractivity (Wildman–Crippen MR) is 69.8 cm³/mol. The van der Waals surface area contributed by atoms with Gasteiger partial charge in [-0.25, -0.2) is 6.57 Å². The van der Waals surface area contributed by atoms with E-state index in [0.29, 0.717) is 0 Å². The molecular weight excluding hydrogens is 280 g/mol. The van der Waals surface area contributed by atoms with E-state index in [1.54, 1.807) is 13.8 Å². The summed E-state index contributed by atoms with van der Waals surface area (Å²) in [6.45, 7) is 11.0. The minimum atomic E-state index is -1.40. The molecule has 2 aliphatic rings. The molecule has 2 aliphatic heterocycles. The van der Waals surface area contributed by atoms with Gasteiger partial charge in [-0.1, -0.05) is 0 Å². The monoisotopic (exact) mass is 300 g/mol. The molecule has 2 fully saturated rings. The SMILES string of the molecule is [C-]#[N+]C[C@]1(CO)OC(O)[C@H](NC(C)=O)[C@H]2OC(C)(C)O[C@H]21. The highest BCUT2D eigenvalue weighted by molar-refractivity contribution is 5.73. The van der Waals surface area contributed by atoms with Crippen molar-refractivity contribution in [3.8, 4) is 0 Å². The molecule has 8 heteroatoms. The van der Waals surface area contributed by atoms with Crippen LogP contribution < -0.4 is 5.32 Å². The molecule has 0 aliphatic carbocycles. The van der Waals surface area contributed by atoms with Crippen LogP contribution in [0.1, 0.15) is 20.8 Å². The number of aliphatic hydroxyl groups excluding tert-OH is 2. The average molecular weight is 300 g/mol. The van der Waals surface area contributed by atoms with E-state index in [9.17, 15) is 15.0 Å². The van der Waals surface area contributed by atoms with Gasteiger partial charge in [0.1, 0.15) is 18.2 Å². The fourth-order valence-corrected chi connectivity index (χ4v) is 2.83. The van der Waals surface area contributed by atoms with Crippen molar-refractivity contribution in [1.29, 1.82) is 0 Å². The van der Waals surface area contributed by atoms with Crippen LogP contribution in [0.5, 0.6) is 0 Å². The average Bonchev–Trinajstić information content (AvgIpc) is 2.70. The number of aliphatic hydroxyl groups is 2. The molecule has 2 saturated heterocycles. The fraction of sp³-hybridized carbons (Fsp3) is 0.846. The molecule has 3 N–H and O–H groups in total. The molecule has 8 nitrogen and oxygen atoms in total. The van der Waals surface area contributed by atoms with Crippen molar-refractivity contribution in [3.63, 3.8) is 0 Å². The molecule has 118 valence electrons. The van der Waals surface area contributed by atoms with E-state index >= 15 is 0 Å². The van der Waals surface area contributed by atoms with Gasteiger partial charge in [0.05, 0.1) is 6.61 Å². The molecule has 21 heavy (non-hydrogen) atoms. The topological polar surface area (TPSA) is 102 Å². The normalized spacial score (nSPS) is 41.1. The number of rotatable bonds is 3. The molecule has 0 radical (unpaired) electrons. The van der Waals surface area contributed by atoms with Gasteiger partial charge in [0.2, 0.25) is 12.5 Å². The van der Waals surface area contributed by atoms with Crippen molar-refractivity contribution >= 4 is 5.91 Å². The quantitative estimate of drug-likeness (QED) is 0.579. The van der Waals surface area contributed by atoms with Gasteiger partial charge in [0, 0.05) is 6.92 Å². The first-order valence-electron chi connectivity index (χ1n) is 6.67. The molecule has 0 aromatic carbocycles. The fourth-order valence-electron chi connectivity index (χ4n) is 2.83. The number of nitrogens with one attached hydrogen (secondary N) is 1. The number of nitrogens with zero attached hydrogens (tertiary/aromatic N) is 1. The maximum atomic E-state index is 11.3. The Morgan fingerprint density at radius 3 is 2.57 bits per heavy atom. The third-order valence-corrected chi connectivity index (χ3v) is 3.65. The van der Waals surface area contributed by atoms with Gasteiger partial charge >= 0.3 is 0 Å². The van der Waals surface area contributed by atoms with Gasteiger partial charge < -0.3 is 34.6 Å². The van der Waals surface area contributed by atoms with Crippen molar-refractivity contribution < 1.29 is 29.2 Å². The van der Waals surface area contributed by atoms with Gasteiger partial charge in [-0.05, 0) is 13.8 Å². The molecular formula is C13H20N2O6. The van der Waals surface area contributed by atoms with Crippen LogP contribution in [-0.2, 0) is 19.0 Å². The number of fused-ring (bicyclic) bond motifs is 1. The Kier molecular flexibility index (Phi) is 4.24. The lowest BCUT2D eigenvalue weighted by molar-refractivity contribution is -0.275. The van der Waals surface area contributed by atoms with Gasteiger partial charge in [0.25, 0.3) is 0 Å². The minimum absolute atomic E-state index is 0.187. The first-order chi connectivity index (χ1) is 9.74. The Bertz CT molecular complexity index is 462. The largest absolute Gasteiger partial charge is 0.393 e. The summed E-state index contributed by atoms with van der Waals surface area (Å²) in [4.78, 5) is 14.6. The molecule has 1 amide bonds. The number of carbonyl (C=O) groups excluding carboxylic acids is 1. The molecule has 0 aromatic rings. The highest BCUT2D eigenvalue weighted by atomic mass is 16.8. The molecule has 5 atom stereocenters. The lowest BCUT2D eigenvalue weighted by Gasteiger charge is -2.44. The molecule has 0 saturated carbocycles. The summed E-state index contributed by atoms with van der Waals surface area (Å²) in [5, 5.41) is 22.4. The van der Waals surface area contributed by atoms with Gasteiger partial charge in [-0.3, -0.25) is 4.79 Å². The second kappa shape index (κ2) is 5.51. The van der Waals surface area contributed by atoms with Crippen LogP contribution in [0.25, 0.3) is 4.85 Å². The van der Waals surface area contributed by atoms with Crippen molar-refractivity contribution in [3.05, 3.63) is 11.4 Å². The standard InChI is InChI=1S/C13H20N2O6/c1-7(17)15-8-9-10(20-12(2,3)19-9)13(6-16,5-14-4)21-11(8)18/h8-11,16,18H,5-6H2,1-3H3,(H,15,17)/t8-,9-,10-,11?,13-/m1/s1. The van der Waals surface area contributed by atoms with E-state index in [-0.39, 0.29) is 12.5 Å². The van der Waals surface area contributed by atoms with E-state index in [1.165, 1.54) is 6.92 Å². The molecule has 0 spiro atoms. The lowest BCUT2D eigenvalue weighted by atomic mass is 9.86. The summed E-state index contributed by atoms with van der Waals surface area (Å²) < 4.78 is 17.0. The molecule has 2 rings (SSSR count). The maximum absolute atomic E-state index is 11.3. The summed E-state index contributed by atoms with van der Waals surface area (Å²) in [6, 6.07) is -0.834. The molecule has 2 heterocycles. The summed E-state index contributed by atoms with van der Waals surface area (Å²) in [5.41, 5.74) is -1.38. The van der Waals surface area contributed by atoms with Crippen LogP contribution in [0.2, 0.25) is 0 Å². The number of amides is 1. The molecule has 0 bridgehead atoms. The second-order valence-electron chi connectivity index (χ2n) is 5.79. The van der Waals surface area contributed by atoms with Crippen LogP contribution in [0, 0.1) is 6.57 Å². The summed E-state index contributed by atoms with van der Waals surface area (Å²) >= 11 is 0. The first-order valence-corrected chi connectivity index (χ1v) is 6.67. The smallest absolute Gasteiger partial charge is 0.248 e. The predicted octanol–water partition coefficient (Wildman–Crippen LogP) is -0.990. The highest BCUT2D eigenvalue weighted by Gasteiger charge is 2.63. The molecule has 0 aromatic heterocycles. The van der Waals surface area contributed by atoms with Crippen LogP contribution in [0.3, 0.4) is 0 Å². The van der Waals surface area contributed by atoms with E-state index in [0.717, 1.165) is 0 Å². The van der Waals surface area contributed by atoms with Gasteiger partial charge in [0.15, 0.2) is 17.7 Å². The summed E-state index contributed by atoms with van der Waals surface area (Å²) in [7, 11) is 0. The lowest BCUT2D eigenvalue weighted by Crippen LogP contribution is -2.69. The summed E-state index contributed by atoms with van der Waals surface area (Å²) in [6.07, 6.45) is -2.89. The van der Waals surface area contributed by atoms with Crippen LogP contribution >= 0.6 is 0 Å². The second-order valence-corrected chi connectivity index (χ2v) is 5.79. The zero-order valence-corrected chi connectivity index (χ0v) is 12.2. The van der Waals surface area contributed by atoms with Gasteiger partial charge in [-0.15, -0.1) is 0 Å². The zero-order valence-electron chi connectivity index (χ0n) is 12.2. The van der Waals surface area contributed by atoms with Crippen molar-refractivity contribution in [1.82, 2.24) is 5.32 Å². The third kappa shape index (κ3) is 2.88. The summed E-state index contributed by atoms with van der Waals surface area (Å²) in [5.74, 6) is -1.32. The Balaban J connectivity index is 2.36. The Labute approximate surface area is 122 Å². The number of hydrogen-bond donors (Lipinski definition) is 3. The Hall–Kier alpha value is -1.24. The van der Waals surface area contributed by atoms with E-state index in [1.807, 2.05) is 0 Å². The number of ether oxygens (including phenoxy) is 3. The molecule has 1 unspecified atom stereocenters. The van der Waals surface area contributed by atoms with Crippen molar-refractivity contribution in [2.24, 2.45) is 0 Å². The Morgan fingerprint density at radius 2 is 2.05 bits per heavy atom. The Morgan fingerprint density at radius 1 is 1.38 bits per heavy atom. The minimum Gasteiger partial charge on any atom is -0.393 e. The van der Waals surface area contributed by atoms with Crippen molar-refractivity contribution in [2.75, 3.05) is 13.2 Å². The van der Waals surface area contributed by atoms with Crippen LogP contribution in [0.4, 0.5) is 0 Å². The third-order valence-electron chi connectivity index (χ3n) is 3.65. The van der Waals surface area contributed by atoms with E-state index < -0.39 is 42.5 Å². The highest BCUT2D eigenvalue weighted by Crippen LogP contribution is 2.42. The first kappa shape index (κ1) is 16.1. The van der Waals surface area contributed by atoms with Crippen LogP contribution in [-0.4, -0.2) is 65.2 Å². The zero-order chi connectivity index (χ0) is 15.8. The van der Waals surface area contributed by atoms with Crippen LogP contribution in [0.15, 0.2) is 0 Å². The van der Waals surface area contributed by atoms with Crippen molar-refractivity contribution in [2.45, 2.75) is 56.7 Å². The number of carbonyl (C=O) groups is 1. The van der Waals surface area contributed by atoms with Gasteiger partial charge in [-0.2, -0.15) is 0 Å². The van der Waals surface area contributed by atoms with E-state index in [2.05, 4.69) is 10.2 Å². The van der Waals surface area contributed by atoms with E-state index in [4.69, 9.17) is 20.8 Å².